The molecule has 0 saturated carbocycles. The molecule has 3 rings (SSSR count). The summed E-state index contributed by atoms with van der Waals surface area (Å²) in [6.45, 7) is 0.624. The van der Waals surface area contributed by atoms with E-state index in [1.807, 2.05) is 48.5 Å². The number of hydrogen-bond acceptors (Lipinski definition) is 5. The van der Waals surface area contributed by atoms with E-state index in [1.165, 1.54) is 6.08 Å². The molecular formula is C25H23NO4. The summed E-state index contributed by atoms with van der Waals surface area (Å²) in [4.78, 5) is 16.5. The largest absolute Gasteiger partial charge is 0.493 e. The number of methoxy groups -OCH3 is 2. The summed E-state index contributed by atoms with van der Waals surface area (Å²) < 4.78 is 15.8. The van der Waals surface area contributed by atoms with Crippen LogP contribution in [0.1, 0.15) is 16.7 Å². The first kappa shape index (κ1) is 20.9. The second kappa shape index (κ2) is 10.6. The van der Waals surface area contributed by atoms with Gasteiger partial charge in [-0.3, -0.25) is 4.99 Å². The number of nitrogens with zero attached hydrogens (tertiary/aromatic N) is 1. The van der Waals surface area contributed by atoms with Crippen LogP contribution in [0, 0.1) is 0 Å². The Bertz CT molecular complexity index is 1020. The van der Waals surface area contributed by atoms with Gasteiger partial charge >= 0.3 is 5.97 Å². The molecule has 0 fully saturated rings. The highest BCUT2D eigenvalue weighted by molar-refractivity contribution is 5.89. The van der Waals surface area contributed by atoms with Crippen LogP contribution < -0.4 is 14.2 Å². The van der Waals surface area contributed by atoms with Crippen molar-refractivity contribution in [2.24, 2.45) is 4.99 Å². The molecule has 5 heteroatoms. The molecule has 5 nitrogen and oxygen atoms in total. The van der Waals surface area contributed by atoms with Crippen molar-refractivity contribution in [1.29, 1.82) is 0 Å². The normalized spacial score (nSPS) is 11.0. The Labute approximate surface area is 176 Å². The lowest BCUT2D eigenvalue weighted by molar-refractivity contribution is -0.128. The van der Waals surface area contributed by atoms with Crippen LogP contribution >= 0.6 is 0 Å². The van der Waals surface area contributed by atoms with Gasteiger partial charge in [0.05, 0.1) is 20.8 Å². The summed E-state index contributed by atoms with van der Waals surface area (Å²) >= 11 is 0. The number of rotatable bonds is 8. The van der Waals surface area contributed by atoms with Crippen LogP contribution in [0.4, 0.5) is 0 Å². The number of ether oxygens (including phenoxy) is 3. The van der Waals surface area contributed by atoms with E-state index in [2.05, 4.69) is 4.99 Å². The van der Waals surface area contributed by atoms with Crippen molar-refractivity contribution in [3.63, 3.8) is 0 Å². The summed E-state index contributed by atoms with van der Waals surface area (Å²) in [7, 11) is 3.14. The SMILES string of the molecule is COc1ccc(C=CC(=O)Oc2ccc(C=NCc3ccccc3)cc2)cc1OC. The molecule has 0 aliphatic rings. The van der Waals surface area contributed by atoms with Gasteiger partial charge in [0.15, 0.2) is 11.5 Å². The van der Waals surface area contributed by atoms with E-state index in [0.717, 1.165) is 16.7 Å². The summed E-state index contributed by atoms with van der Waals surface area (Å²) in [5.41, 5.74) is 2.89. The quantitative estimate of drug-likeness (QED) is 0.232. The van der Waals surface area contributed by atoms with Gasteiger partial charge < -0.3 is 14.2 Å². The zero-order valence-electron chi connectivity index (χ0n) is 16.9. The Hall–Kier alpha value is -3.86. The van der Waals surface area contributed by atoms with Crippen LogP contribution in [0.3, 0.4) is 0 Å². The molecule has 30 heavy (non-hydrogen) atoms. The molecule has 0 aliphatic carbocycles. The smallest absolute Gasteiger partial charge is 0.336 e. The third kappa shape index (κ3) is 6.07. The molecule has 152 valence electrons. The van der Waals surface area contributed by atoms with Crippen molar-refractivity contribution in [1.82, 2.24) is 0 Å². The summed E-state index contributed by atoms with van der Waals surface area (Å²) in [5, 5.41) is 0. The van der Waals surface area contributed by atoms with Crippen LogP contribution in [-0.2, 0) is 11.3 Å². The Morgan fingerprint density at radius 1 is 0.867 bits per heavy atom. The highest BCUT2D eigenvalue weighted by atomic mass is 16.5. The Morgan fingerprint density at radius 2 is 1.57 bits per heavy atom. The van der Waals surface area contributed by atoms with Gasteiger partial charge in [0, 0.05) is 12.3 Å². The predicted molar refractivity (Wildman–Crippen MR) is 118 cm³/mol. The number of carbonyl (C=O) groups is 1. The van der Waals surface area contributed by atoms with Crippen molar-refractivity contribution in [3.05, 3.63) is 95.6 Å². The minimum absolute atomic E-state index is 0.463. The average molecular weight is 401 g/mol. The van der Waals surface area contributed by atoms with Gasteiger partial charge in [-0.1, -0.05) is 36.4 Å². The van der Waals surface area contributed by atoms with Gasteiger partial charge in [-0.2, -0.15) is 0 Å². The Morgan fingerprint density at radius 3 is 2.27 bits per heavy atom. The zero-order valence-corrected chi connectivity index (χ0v) is 16.9. The average Bonchev–Trinajstić information content (AvgIpc) is 2.79. The van der Waals surface area contributed by atoms with Gasteiger partial charge in [0.1, 0.15) is 5.75 Å². The molecule has 0 heterocycles. The minimum Gasteiger partial charge on any atom is -0.493 e. The summed E-state index contributed by atoms with van der Waals surface area (Å²) in [6, 6.07) is 22.6. The fraction of sp³-hybridized carbons (Fsp3) is 0.120. The lowest BCUT2D eigenvalue weighted by Gasteiger charge is -2.07. The number of esters is 1. The standard InChI is InChI=1S/C25H23NO4/c1-28-23-14-10-19(16-24(23)29-2)11-15-25(27)30-22-12-8-21(9-13-22)18-26-17-20-6-4-3-5-7-20/h3-16,18H,17H2,1-2H3. The second-order valence-corrected chi connectivity index (χ2v) is 6.39. The fourth-order valence-electron chi connectivity index (χ4n) is 2.73. The van der Waals surface area contributed by atoms with Crippen molar-refractivity contribution in [3.8, 4) is 17.2 Å². The predicted octanol–water partition coefficient (Wildman–Crippen LogP) is 4.94. The van der Waals surface area contributed by atoms with Crippen LogP contribution in [0.2, 0.25) is 0 Å². The van der Waals surface area contributed by atoms with Crippen LogP contribution in [0.5, 0.6) is 17.2 Å². The van der Waals surface area contributed by atoms with E-state index in [-0.39, 0.29) is 0 Å². The third-order valence-corrected chi connectivity index (χ3v) is 4.28. The van der Waals surface area contributed by atoms with Gasteiger partial charge in [-0.25, -0.2) is 4.79 Å². The molecule has 0 saturated heterocycles. The van der Waals surface area contributed by atoms with E-state index >= 15 is 0 Å². The third-order valence-electron chi connectivity index (χ3n) is 4.28. The van der Waals surface area contributed by atoms with Gasteiger partial charge in [0.25, 0.3) is 0 Å². The molecule has 0 amide bonds. The summed E-state index contributed by atoms with van der Waals surface area (Å²) in [5.74, 6) is 1.23. The van der Waals surface area contributed by atoms with E-state index < -0.39 is 5.97 Å². The van der Waals surface area contributed by atoms with Crippen LogP contribution in [0.25, 0.3) is 6.08 Å². The first-order valence-corrected chi connectivity index (χ1v) is 9.43. The molecular weight excluding hydrogens is 378 g/mol. The summed E-state index contributed by atoms with van der Waals surface area (Å²) in [6.07, 6.45) is 4.83. The van der Waals surface area contributed by atoms with Crippen molar-refractivity contribution in [2.75, 3.05) is 14.2 Å². The minimum atomic E-state index is -0.463. The molecule has 3 aromatic rings. The van der Waals surface area contributed by atoms with Crippen molar-refractivity contribution in [2.45, 2.75) is 6.54 Å². The Balaban J connectivity index is 1.54. The van der Waals surface area contributed by atoms with Crippen LogP contribution in [0.15, 0.2) is 83.9 Å². The number of benzene rings is 3. The molecule has 0 unspecified atom stereocenters. The Kier molecular flexibility index (Phi) is 7.39. The van der Waals surface area contributed by atoms with E-state index in [4.69, 9.17) is 14.2 Å². The molecule has 0 aliphatic heterocycles. The van der Waals surface area contributed by atoms with Gasteiger partial charge in [-0.05, 0) is 59.2 Å². The maximum absolute atomic E-state index is 12.1. The molecule has 0 radical (unpaired) electrons. The molecule has 0 N–H and O–H groups in total. The highest BCUT2D eigenvalue weighted by Crippen LogP contribution is 2.28. The number of aliphatic imine (C=N–C) groups is 1. The van der Waals surface area contributed by atoms with Gasteiger partial charge in [-0.15, -0.1) is 0 Å². The van der Waals surface area contributed by atoms with Gasteiger partial charge in [0.2, 0.25) is 0 Å². The number of carbonyl (C=O) groups excluding carboxylic acids is 1. The maximum Gasteiger partial charge on any atom is 0.336 e. The fourth-order valence-corrected chi connectivity index (χ4v) is 2.73. The van der Waals surface area contributed by atoms with Crippen LogP contribution in [-0.4, -0.2) is 26.4 Å². The van der Waals surface area contributed by atoms with E-state index in [9.17, 15) is 4.79 Å². The maximum atomic E-state index is 12.1. The lowest BCUT2D eigenvalue weighted by atomic mass is 10.2. The molecule has 0 aromatic heterocycles. The molecule has 3 aromatic carbocycles. The van der Waals surface area contributed by atoms with Crippen molar-refractivity contribution >= 4 is 18.3 Å². The van der Waals surface area contributed by atoms with E-state index in [1.54, 1.807) is 50.8 Å². The van der Waals surface area contributed by atoms with E-state index in [0.29, 0.717) is 23.8 Å². The first-order chi connectivity index (χ1) is 14.7. The first-order valence-electron chi connectivity index (χ1n) is 9.43. The second-order valence-electron chi connectivity index (χ2n) is 6.39. The highest BCUT2D eigenvalue weighted by Gasteiger charge is 2.04. The monoisotopic (exact) mass is 401 g/mol. The molecule has 0 spiro atoms. The molecule has 0 atom stereocenters. The number of hydrogen-bond donors (Lipinski definition) is 0. The zero-order chi connectivity index (χ0) is 21.2. The lowest BCUT2D eigenvalue weighted by Crippen LogP contribution is -2.03. The molecule has 0 bridgehead atoms. The van der Waals surface area contributed by atoms with Crippen molar-refractivity contribution < 1.29 is 19.0 Å². The topological polar surface area (TPSA) is 57.1 Å².